The Balaban J connectivity index is 2.15. The van der Waals surface area contributed by atoms with Crippen LogP contribution in [0.4, 0.5) is 5.82 Å². The fourth-order valence-corrected chi connectivity index (χ4v) is 2.78. The lowest BCUT2D eigenvalue weighted by Crippen LogP contribution is -2.45. The van der Waals surface area contributed by atoms with Crippen molar-refractivity contribution in [3.8, 4) is 0 Å². The summed E-state index contributed by atoms with van der Waals surface area (Å²) in [6.07, 6.45) is 1.73. The monoisotopic (exact) mass is 300 g/mol. The molecule has 1 fully saturated rings. The lowest BCUT2D eigenvalue weighted by Gasteiger charge is -2.33. The van der Waals surface area contributed by atoms with E-state index in [0.29, 0.717) is 17.0 Å². The number of anilines is 1. The third-order valence-electron chi connectivity index (χ3n) is 4.09. The lowest BCUT2D eigenvalue weighted by atomic mass is 10.1. The van der Waals surface area contributed by atoms with Crippen LogP contribution in [0.2, 0.25) is 0 Å². The summed E-state index contributed by atoms with van der Waals surface area (Å²) in [5, 5.41) is 0. The highest BCUT2D eigenvalue weighted by molar-refractivity contribution is 6.00. The molecule has 0 spiro atoms. The number of piperazine rings is 1. The van der Waals surface area contributed by atoms with Gasteiger partial charge in [-0.3, -0.25) is 14.0 Å². The SMILES string of the molecule is CC(=O)c1cc(C)cn2c(=O)cc(N3CCN(C)CC3)nc12. The van der Waals surface area contributed by atoms with Crippen molar-refractivity contribution in [1.29, 1.82) is 0 Å². The van der Waals surface area contributed by atoms with Crippen LogP contribution in [-0.2, 0) is 0 Å². The first-order valence-electron chi connectivity index (χ1n) is 7.44. The normalized spacial score (nSPS) is 16.2. The molecule has 6 heteroatoms. The number of hydrogen-bond acceptors (Lipinski definition) is 5. The second-order valence-corrected chi connectivity index (χ2v) is 5.92. The Morgan fingerprint density at radius 1 is 1.18 bits per heavy atom. The van der Waals surface area contributed by atoms with Crippen LogP contribution >= 0.6 is 0 Å². The van der Waals surface area contributed by atoms with Crippen LogP contribution in [0.1, 0.15) is 22.8 Å². The molecular weight excluding hydrogens is 280 g/mol. The highest BCUT2D eigenvalue weighted by Crippen LogP contribution is 2.16. The predicted octanol–water partition coefficient (Wildman–Crippen LogP) is 0.957. The van der Waals surface area contributed by atoms with E-state index < -0.39 is 0 Å². The number of carbonyl (C=O) groups is 1. The molecule has 0 aliphatic carbocycles. The summed E-state index contributed by atoms with van der Waals surface area (Å²) in [6.45, 7) is 6.92. The Morgan fingerprint density at radius 2 is 1.86 bits per heavy atom. The van der Waals surface area contributed by atoms with Crippen LogP contribution in [0.15, 0.2) is 23.1 Å². The third kappa shape index (κ3) is 2.62. The zero-order valence-corrected chi connectivity index (χ0v) is 13.2. The van der Waals surface area contributed by atoms with Gasteiger partial charge in [0.15, 0.2) is 11.4 Å². The zero-order chi connectivity index (χ0) is 15.9. The van der Waals surface area contributed by atoms with Crippen LogP contribution in [0, 0.1) is 6.92 Å². The number of carbonyl (C=O) groups excluding carboxylic acids is 1. The van der Waals surface area contributed by atoms with E-state index in [4.69, 9.17) is 0 Å². The van der Waals surface area contributed by atoms with Gasteiger partial charge in [-0.05, 0) is 32.5 Å². The summed E-state index contributed by atoms with van der Waals surface area (Å²) in [5.74, 6) is 0.577. The van der Waals surface area contributed by atoms with Crippen LogP contribution in [-0.4, -0.2) is 53.3 Å². The van der Waals surface area contributed by atoms with Gasteiger partial charge in [0.1, 0.15) is 5.82 Å². The van der Waals surface area contributed by atoms with Crippen LogP contribution in [0.3, 0.4) is 0 Å². The van der Waals surface area contributed by atoms with Gasteiger partial charge in [-0.1, -0.05) is 0 Å². The van der Waals surface area contributed by atoms with E-state index >= 15 is 0 Å². The van der Waals surface area contributed by atoms with Crippen molar-refractivity contribution in [2.24, 2.45) is 0 Å². The van der Waals surface area contributed by atoms with E-state index in [1.165, 1.54) is 11.3 Å². The quantitative estimate of drug-likeness (QED) is 0.773. The molecule has 1 aliphatic heterocycles. The smallest absolute Gasteiger partial charge is 0.259 e. The van der Waals surface area contributed by atoms with Gasteiger partial charge < -0.3 is 9.80 Å². The molecule has 0 atom stereocenters. The van der Waals surface area contributed by atoms with Gasteiger partial charge in [0.2, 0.25) is 0 Å². The van der Waals surface area contributed by atoms with Crippen molar-refractivity contribution in [3.63, 3.8) is 0 Å². The molecular formula is C16H20N4O2. The number of fused-ring (bicyclic) bond motifs is 1. The van der Waals surface area contributed by atoms with Crippen molar-refractivity contribution in [2.45, 2.75) is 13.8 Å². The average molecular weight is 300 g/mol. The Morgan fingerprint density at radius 3 is 2.50 bits per heavy atom. The summed E-state index contributed by atoms with van der Waals surface area (Å²) in [4.78, 5) is 33.2. The standard InChI is InChI=1S/C16H20N4O2/c1-11-8-13(12(2)21)16-17-14(9-15(22)20(16)10-11)19-6-4-18(3)5-7-19/h8-10H,4-7H2,1-3H3. The maximum atomic E-state index is 12.4. The molecule has 0 N–H and O–H groups in total. The minimum atomic E-state index is -0.148. The Bertz CT molecular complexity index is 789. The maximum absolute atomic E-state index is 12.4. The van der Waals surface area contributed by atoms with Gasteiger partial charge in [-0.15, -0.1) is 0 Å². The van der Waals surface area contributed by atoms with Crippen molar-refractivity contribution in [1.82, 2.24) is 14.3 Å². The zero-order valence-electron chi connectivity index (χ0n) is 13.2. The summed E-state index contributed by atoms with van der Waals surface area (Å²) in [7, 11) is 2.08. The average Bonchev–Trinajstić information content (AvgIpc) is 2.47. The number of rotatable bonds is 2. The van der Waals surface area contributed by atoms with E-state index in [1.807, 2.05) is 6.92 Å². The Kier molecular flexibility index (Phi) is 3.70. The highest BCUT2D eigenvalue weighted by atomic mass is 16.1. The topological polar surface area (TPSA) is 57.9 Å². The first-order chi connectivity index (χ1) is 10.5. The van der Waals surface area contributed by atoms with E-state index in [1.54, 1.807) is 18.3 Å². The van der Waals surface area contributed by atoms with Gasteiger partial charge in [-0.2, -0.15) is 0 Å². The molecule has 0 radical (unpaired) electrons. The van der Waals surface area contributed by atoms with Crippen molar-refractivity contribution < 1.29 is 4.79 Å². The number of aromatic nitrogens is 2. The molecule has 0 aromatic carbocycles. The number of pyridine rings is 1. The fourth-order valence-electron chi connectivity index (χ4n) is 2.78. The third-order valence-corrected chi connectivity index (χ3v) is 4.09. The molecule has 116 valence electrons. The van der Waals surface area contributed by atoms with Crippen molar-refractivity contribution in [3.05, 3.63) is 39.8 Å². The number of ketones is 1. The molecule has 1 saturated heterocycles. The van der Waals surface area contributed by atoms with Crippen molar-refractivity contribution in [2.75, 3.05) is 38.1 Å². The number of aryl methyl sites for hydroxylation is 1. The molecule has 0 amide bonds. The maximum Gasteiger partial charge on any atom is 0.259 e. The molecule has 3 rings (SSSR count). The Labute approximate surface area is 129 Å². The molecule has 0 unspecified atom stereocenters. The molecule has 22 heavy (non-hydrogen) atoms. The Hall–Kier alpha value is -2.21. The summed E-state index contributed by atoms with van der Waals surface area (Å²) >= 11 is 0. The molecule has 0 bridgehead atoms. The largest absolute Gasteiger partial charge is 0.354 e. The molecule has 1 aliphatic rings. The van der Waals surface area contributed by atoms with E-state index in [-0.39, 0.29) is 11.3 Å². The number of hydrogen-bond donors (Lipinski definition) is 0. The lowest BCUT2D eigenvalue weighted by molar-refractivity contribution is 0.101. The fraction of sp³-hybridized carbons (Fsp3) is 0.438. The van der Waals surface area contributed by atoms with Crippen LogP contribution in [0.5, 0.6) is 0 Å². The van der Waals surface area contributed by atoms with Gasteiger partial charge in [0.25, 0.3) is 5.56 Å². The first kappa shape index (κ1) is 14.7. The van der Waals surface area contributed by atoms with Crippen molar-refractivity contribution >= 4 is 17.2 Å². The summed E-state index contributed by atoms with van der Waals surface area (Å²) in [6, 6.07) is 3.35. The van der Waals surface area contributed by atoms with Gasteiger partial charge >= 0.3 is 0 Å². The van der Waals surface area contributed by atoms with Gasteiger partial charge in [0, 0.05) is 38.4 Å². The number of Topliss-reactive ketones (excluding diaryl/α,β-unsaturated/α-hetero) is 1. The van der Waals surface area contributed by atoms with Crippen LogP contribution < -0.4 is 10.5 Å². The van der Waals surface area contributed by atoms with Gasteiger partial charge in [0.05, 0.1) is 5.56 Å². The van der Waals surface area contributed by atoms with E-state index in [9.17, 15) is 9.59 Å². The molecule has 3 heterocycles. The molecule has 2 aromatic heterocycles. The van der Waals surface area contributed by atoms with Gasteiger partial charge in [-0.25, -0.2) is 4.98 Å². The molecule has 6 nitrogen and oxygen atoms in total. The number of likely N-dealkylation sites (N-methyl/N-ethyl adjacent to an activating group) is 1. The summed E-state index contributed by atoms with van der Waals surface area (Å²) < 4.78 is 1.46. The van der Waals surface area contributed by atoms with E-state index in [2.05, 4.69) is 21.8 Å². The summed E-state index contributed by atoms with van der Waals surface area (Å²) in [5.41, 5.74) is 1.66. The molecule has 0 saturated carbocycles. The minimum absolute atomic E-state index is 0.0800. The number of nitrogens with zero attached hydrogens (tertiary/aromatic N) is 4. The molecule has 2 aromatic rings. The second kappa shape index (κ2) is 5.53. The first-order valence-corrected chi connectivity index (χ1v) is 7.44. The minimum Gasteiger partial charge on any atom is -0.354 e. The second-order valence-electron chi connectivity index (χ2n) is 5.92. The predicted molar refractivity (Wildman–Crippen MR) is 85.9 cm³/mol. The van der Waals surface area contributed by atoms with E-state index in [0.717, 1.165) is 31.7 Å². The highest BCUT2D eigenvalue weighted by Gasteiger charge is 2.18. The van der Waals surface area contributed by atoms with Crippen LogP contribution in [0.25, 0.3) is 5.65 Å².